The molecule has 36 heavy (non-hydrogen) atoms. The van der Waals surface area contributed by atoms with Crippen LogP contribution in [-0.2, 0) is 9.59 Å². The second-order valence-corrected chi connectivity index (χ2v) is 9.52. The van der Waals surface area contributed by atoms with E-state index < -0.39 is 35.1 Å². The molecule has 0 bridgehead atoms. The van der Waals surface area contributed by atoms with Gasteiger partial charge in [-0.05, 0) is 48.6 Å². The molecule has 0 spiro atoms. The Labute approximate surface area is 212 Å². The Morgan fingerprint density at radius 3 is 2.31 bits per heavy atom. The monoisotopic (exact) mass is 504 g/mol. The van der Waals surface area contributed by atoms with Gasteiger partial charge in [0.05, 0.1) is 5.92 Å². The number of carbonyl (C=O) groups is 2. The van der Waals surface area contributed by atoms with E-state index in [2.05, 4.69) is 5.32 Å². The second kappa shape index (κ2) is 9.78. The summed E-state index contributed by atoms with van der Waals surface area (Å²) in [4.78, 5) is 31.9. The molecule has 0 fully saturated rings. The second-order valence-electron chi connectivity index (χ2n) is 9.12. The number of amides is 1. The smallest absolute Gasteiger partial charge is 0.234 e. The lowest BCUT2D eigenvalue weighted by atomic mass is 9.69. The van der Waals surface area contributed by atoms with Crippen molar-refractivity contribution in [3.8, 4) is 0 Å². The number of hydrogen-bond donors (Lipinski definition) is 1. The molecule has 1 amide bonds. The van der Waals surface area contributed by atoms with Gasteiger partial charge in [0, 0.05) is 34.3 Å². The van der Waals surface area contributed by atoms with Gasteiger partial charge in [-0.2, -0.15) is 0 Å². The maximum Gasteiger partial charge on any atom is 0.234 e. The van der Waals surface area contributed by atoms with Crippen LogP contribution >= 0.6 is 11.6 Å². The molecule has 182 valence electrons. The number of allylic oxidation sites excluding steroid dienone is 2. The SMILES string of the molecule is CC1=NC2=C(C(=O)C[C@H](c3ccccc3)C2)[C@@H](c2ccccc2Cl)C1C(=O)Nc1c(F)cccc1F. The van der Waals surface area contributed by atoms with E-state index in [1.807, 2.05) is 30.3 Å². The molecule has 1 heterocycles. The Morgan fingerprint density at radius 1 is 0.944 bits per heavy atom. The highest BCUT2D eigenvalue weighted by atomic mass is 35.5. The predicted molar refractivity (Wildman–Crippen MR) is 136 cm³/mol. The summed E-state index contributed by atoms with van der Waals surface area (Å²) in [5.41, 5.74) is 2.64. The minimum atomic E-state index is -0.972. The van der Waals surface area contributed by atoms with E-state index in [1.54, 1.807) is 31.2 Å². The molecule has 0 saturated heterocycles. The number of ketones is 1. The van der Waals surface area contributed by atoms with Crippen LogP contribution in [0.2, 0.25) is 5.02 Å². The number of para-hydroxylation sites is 1. The topological polar surface area (TPSA) is 58.5 Å². The molecular formula is C29H23ClF2N2O2. The fraction of sp³-hybridized carbons (Fsp3) is 0.207. The summed E-state index contributed by atoms with van der Waals surface area (Å²) in [6, 6.07) is 20.2. The molecule has 4 nitrogen and oxygen atoms in total. The number of anilines is 1. The van der Waals surface area contributed by atoms with Crippen molar-refractivity contribution in [3.63, 3.8) is 0 Å². The van der Waals surface area contributed by atoms with Crippen LogP contribution in [-0.4, -0.2) is 17.4 Å². The van der Waals surface area contributed by atoms with E-state index in [-0.39, 0.29) is 18.1 Å². The Kier molecular flexibility index (Phi) is 6.54. The van der Waals surface area contributed by atoms with E-state index in [9.17, 15) is 18.4 Å². The van der Waals surface area contributed by atoms with Crippen molar-refractivity contribution in [2.45, 2.75) is 31.6 Å². The van der Waals surface area contributed by atoms with E-state index >= 15 is 0 Å². The summed E-state index contributed by atoms with van der Waals surface area (Å²) in [7, 11) is 0. The van der Waals surface area contributed by atoms with Gasteiger partial charge < -0.3 is 5.32 Å². The van der Waals surface area contributed by atoms with Crippen LogP contribution in [0.4, 0.5) is 14.5 Å². The first-order valence-corrected chi connectivity index (χ1v) is 12.1. The van der Waals surface area contributed by atoms with Gasteiger partial charge in [0.2, 0.25) is 5.91 Å². The molecule has 0 radical (unpaired) electrons. The standard InChI is InChI=1S/C29H23ClF2N2O2/c1-16-25(29(36)34-28-21(31)12-7-13-22(28)32)26(19-10-5-6-11-20(19)30)27-23(33-16)14-18(15-24(27)35)17-8-3-2-4-9-17/h2-13,18,25-26H,14-15H2,1H3,(H,34,36)/t18-,25?,26+/m1/s1. The van der Waals surface area contributed by atoms with Crippen LogP contribution in [0.1, 0.15) is 42.7 Å². The molecule has 2 aliphatic rings. The molecular weight excluding hydrogens is 482 g/mol. The number of nitrogens with one attached hydrogen (secondary N) is 1. The summed E-state index contributed by atoms with van der Waals surface area (Å²) in [5, 5.41) is 2.80. The minimum Gasteiger partial charge on any atom is -0.321 e. The molecule has 3 atom stereocenters. The average molecular weight is 505 g/mol. The quantitative estimate of drug-likeness (QED) is 0.423. The van der Waals surface area contributed by atoms with Crippen LogP contribution in [0.15, 0.2) is 89.1 Å². The maximum atomic E-state index is 14.3. The third-order valence-electron chi connectivity index (χ3n) is 6.89. The Morgan fingerprint density at radius 2 is 1.61 bits per heavy atom. The summed E-state index contributed by atoms with van der Waals surface area (Å²) < 4.78 is 28.6. The van der Waals surface area contributed by atoms with E-state index in [1.165, 1.54) is 6.07 Å². The van der Waals surface area contributed by atoms with Gasteiger partial charge >= 0.3 is 0 Å². The van der Waals surface area contributed by atoms with Gasteiger partial charge in [-0.3, -0.25) is 14.6 Å². The molecule has 1 N–H and O–H groups in total. The molecule has 3 aromatic rings. The Bertz CT molecular complexity index is 1400. The Balaban J connectivity index is 1.59. The summed E-state index contributed by atoms with van der Waals surface area (Å²) in [6.07, 6.45) is 0.814. The van der Waals surface area contributed by atoms with Crippen molar-refractivity contribution < 1.29 is 18.4 Å². The average Bonchev–Trinajstić information content (AvgIpc) is 2.86. The number of rotatable bonds is 4. The van der Waals surface area contributed by atoms with E-state index in [0.717, 1.165) is 17.7 Å². The summed E-state index contributed by atoms with van der Waals surface area (Å²) in [6.45, 7) is 1.70. The van der Waals surface area contributed by atoms with E-state index in [0.29, 0.717) is 34.0 Å². The zero-order valence-electron chi connectivity index (χ0n) is 19.5. The van der Waals surface area contributed by atoms with Gasteiger partial charge in [0.25, 0.3) is 0 Å². The van der Waals surface area contributed by atoms with Crippen molar-refractivity contribution >= 4 is 34.7 Å². The van der Waals surface area contributed by atoms with Crippen LogP contribution in [0.25, 0.3) is 0 Å². The van der Waals surface area contributed by atoms with Crippen LogP contribution in [0.5, 0.6) is 0 Å². The number of benzene rings is 3. The van der Waals surface area contributed by atoms with Crippen molar-refractivity contribution in [2.75, 3.05) is 5.32 Å². The number of carbonyl (C=O) groups excluding carboxylic acids is 2. The van der Waals surface area contributed by atoms with Crippen molar-refractivity contribution in [1.82, 2.24) is 0 Å². The molecule has 3 aromatic carbocycles. The molecule has 1 aliphatic carbocycles. The zero-order valence-corrected chi connectivity index (χ0v) is 20.2. The summed E-state index contributed by atoms with van der Waals surface area (Å²) >= 11 is 6.56. The van der Waals surface area contributed by atoms with Gasteiger partial charge in [-0.1, -0.05) is 66.2 Å². The maximum absolute atomic E-state index is 14.3. The highest BCUT2D eigenvalue weighted by Crippen LogP contribution is 2.48. The molecule has 0 saturated carbocycles. The van der Waals surface area contributed by atoms with Crippen LogP contribution in [0, 0.1) is 17.6 Å². The van der Waals surface area contributed by atoms with Crippen molar-refractivity contribution in [3.05, 3.63) is 112 Å². The lowest BCUT2D eigenvalue weighted by molar-refractivity contribution is -0.119. The third kappa shape index (κ3) is 4.37. The zero-order chi connectivity index (χ0) is 25.4. The first kappa shape index (κ1) is 24.1. The lowest BCUT2D eigenvalue weighted by Gasteiger charge is -2.37. The first-order valence-electron chi connectivity index (χ1n) is 11.7. The largest absolute Gasteiger partial charge is 0.321 e. The molecule has 0 aromatic heterocycles. The Hall–Kier alpha value is -3.64. The number of Topliss-reactive ketones (excluding diaryl/α,β-unsaturated/α-hetero) is 1. The third-order valence-corrected chi connectivity index (χ3v) is 7.24. The first-order chi connectivity index (χ1) is 17.3. The highest BCUT2D eigenvalue weighted by molar-refractivity contribution is 6.31. The van der Waals surface area contributed by atoms with Gasteiger partial charge in [0.15, 0.2) is 5.78 Å². The normalized spacial score (nSPS) is 21.6. The lowest BCUT2D eigenvalue weighted by Crippen LogP contribution is -2.40. The van der Waals surface area contributed by atoms with Crippen molar-refractivity contribution in [2.24, 2.45) is 10.9 Å². The fourth-order valence-corrected chi connectivity index (χ4v) is 5.50. The number of nitrogens with zero attached hydrogens (tertiary/aromatic N) is 1. The van der Waals surface area contributed by atoms with Gasteiger partial charge in [0.1, 0.15) is 17.3 Å². The van der Waals surface area contributed by atoms with Gasteiger partial charge in [-0.25, -0.2) is 8.78 Å². The van der Waals surface area contributed by atoms with E-state index in [4.69, 9.17) is 16.6 Å². The predicted octanol–water partition coefficient (Wildman–Crippen LogP) is 6.83. The van der Waals surface area contributed by atoms with Crippen molar-refractivity contribution in [1.29, 1.82) is 0 Å². The molecule has 1 unspecified atom stereocenters. The molecule has 7 heteroatoms. The highest BCUT2D eigenvalue weighted by Gasteiger charge is 2.44. The molecule has 1 aliphatic heterocycles. The number of halogens is 3. The molecule has 5 rings (SSSR count). The van der Waals surface area contributed by atoms with Gasteiger partial charge in [-0.15, -0.1) is 0 Å². The summed E-state index contributed by atoms with van der Waals surface area (Å²) in [5.74, 6) is -4.27. The van der Waals surface area contributed by atoms with Crippen LogP contribution < -0.4 is 5.32 Å². The fourth-order valence-electron chi connectivity index (χ4n) is 5.24. The number of hydrogen-bond acceptors (Lipinski definition) is 3. The number of aliphatic imine (C=N–C) groups is 1. The van der Waals surface area contributed by atoms with Crippen LogP contribution in [0.3, 0.4) is 0 Å². The minimum absolute atomic E-state index is 0.0289.